The minimum Gasteiger partial charge on any atom is -0.264 e. The molecule has 0 saturated carbocycles. The first kappa shape index (κ1) is 8.42. The van der Waals surface area contributed by atoms with Gasteiger partial charge in [0.05, 0.1) is 0 Å². The maximum atomic E-state index is 4.17. The number of aromatic nitrogens is 1. The molecule has 0 N–H and O–H groups in total. The highest BCUT2D eigenvalue weighted by atomic mass is 14.6. The third kappa shape index (κ3) is 1.46. The summed E-state index contributed by atoms with van der Waals surface area (Å²) in [5, 5.41) is 2.60. The van der Waals surface area contributed by atoms with Crippen molar-refractivity contribution in [1.82, 2.24) is 4.98 Å². The van der Waals surface area contributed by atoms with E-state index in [0.29, 0.717) is 0 Å². The molecule has 0 amide bonds. The number of pyridine rings is 1. The normalized spacial score (nSPS) is 12.8. The maximum absolute atomic E-state index is 4.17. The molecular formula is C14H11N. The van der Waals surface area contributed by atoms with Gasteiger partial charge in [0.25, 0.3) is 0 Å². The predicted octanol–water partition coefficient (Wildman–Crippen LogP) is 1.25. The van der Waals surface area contributed by atoms with E-state index >= 15 is 0 Å². The molecule has 1 nitrogen and oxygen atoms in total. The van der Waals surface area contributed by atoms with Crippen molar-refractivity contribution in [3.63, 3.8) is 0 Å². The third-order valence-corrected chi connectivity index (χ3v) is 2.80. The van der Waals surface area contributed by atoms with Crippen LogP contribution in [0.2, 0.25) is 0 Å². The van der Waals surface area contributed by atoms with Crippen molar-refractivity contribution in [3.05, 3.63) is 64.3 Å². The summed E-state index contributed by atoms with van der Waals surface area (Å²) in [6, 6.07) is 10.6. The minimum absolute atomic E-state index is 0.991. The van der Waals surface area contributed by atoms with Gasteiger partial charge < -0.3 is 0 Å². The first-order valence-corrected chi connectivity index (χ1v) is 5.13. The van der Waals surface area contributed by atoms with E-state index in [2.05, 4.69) is 47.5 Å². The average Bonchev–Trinajstić information content (AvgIpc) is 2.48. The second-order valence-electron chi connectivity index (χ2n) is 3.76. The summed E-state index contributed by atoms with van der Waals surface area (Å²) < 4.78 is 0. The molecule has 0 saturated heterocycles. The van der Waals surface area contributed by atoms with Crippen molar-refractivity contribution in [1.29, 1.82) is 0 Å². The Morgan fingerprint density at radius 1 is 1.00 bits per heavy atom. The molecule has 0 atom stereocenters. The van der Waals surface area contributed by atoms with Crippen molar-refractivity contribution in [3.8, 4) is 0 Å². The fourth-order valence-electron chi connectivity index (χ4n) is 1.97. The molecule has 1 heterocycles. The van der Waals surface area contributed by atoms with Crippen molar-refractivity contribution < 1.29 is 0 Å². The van der Waals surface area contributed by atoms with E-state index in [-0.39, 0.29) is 0 Å². The SMILES string of the molecule is C1=c2ccccc2=Cc2cnccc2C1. The van der Waals surface area contributed by atoms with Crippen molar-refractivity contribution in [2.75, 3.05) is 0 Å². The Hall–Kier alpha value is -1.89. The molecule has 72 valence electrons. The molecular weight excluding hydrogens is 182 g/mol. The van der Waals surface area contributed by atoms with E-state index in [4.69, 9.17) is 0 Å². The van der Waals surface area contributed by atoms with Crippen molar-refractivity contribution in [2.45, 2.75) is 6.42 Å². The van der Waals surface area contributed by atoms with Crippen LogP contribution < -0.4 is 10.4 Å². The summed E-state index contributed by atoms with van der Waals surface area (Å²) >= 11 is 0. The van der Waals surface area contributed by atoms with Crippen LogP contribution >= 0.6 is 0 Å². The van der Waals surface area contributed by atoms with Gasteiger partial charge in [0.1, 0.15) is 0 Å². The molecule has 0 fully saturated rings. The van der Waals surface area contributed by atoms with Crippen LogP contribution in [0.1, 0.15) is 11.1 Å². The molecule has 1 aromatic carbocycles. The lowest BCUT2D eigenvalue weighted by Gasteiger charge is -1.98. The Labute approximate surface area is 88.4 Å². The number of benzene rings is 1. The van der Waals surface area contributed by atoms with Crippen LogP contribution in [0.25, 0.3) is 12.2 Å². The Bertz CT molecular complexity index is 611. The number of hydrogen-bond donors (Lipinski definition) is 0. The van der Waals surface area contributed by atoms with E-state index in [1.54, 1.807) is 0 Å². The fourth-order valence-corrected chi connectivity index (χ4v) is 1.97. The smallest absolute Gasteiger partial charge is 0.0343 e. The van der Waals surface area contributed by atoms with Crippen LogP contribution in [0.4, 0.5) is 0 Å². The first-order chi connectivity index (χ1) is 7.43. The molecule has 0 aliphatic heterocycles. The van der Waals surface area contributed by atoms with E-state index in [9.17, 15) is 0 Å². The molecule has 2 aromatic rings. The summed E-state index contributed by atoms with van der Waals surface area (Å²) in [7, 11) is 0. The quantitative estimate of drug-likeness (QED) is 0.613. The zero-order valence-electron chi connectivity index (χ0n) is 8.35. The maximum Gasteiger partial charge on any atom is 0.0343 e. The van der Waals surface area contributed by atoms with Gasteiger partial charge >= 0.3 is 0 Å². The lowest BCUT2D eigenvalue weighted by Crippen LogP contribution is -2.22. The standard InChI is InChI=1S/C14H11N/c1-2-4-13-9-14-10-15-8-7-12(14)6-5-11(13)3-1/h1-5,7-10H,6H2. The Kier molecular flexibility index (Phi) is 1.88. The lowest BCUT2D eigenvalue weighted by molar-refractivity contribution is 1.23. The van der Waals surface area contributed by atoms with Gasteiger partial charge in [0.2, 0.25) is 0 Å². The molecule has 1 heteroatoms. The first-order valence-electron chi connectivity index (χ1n) is 5.13. The topological polar surface area (TPSA) is 12.9 Å². The van der Waals surface area contributed by atoms with E-state index in [1.807, 2.05) is 12.4 Å². The van der Waals surface area contributed by atoms with E-state index in [0.717, 1.165) is 6.42 Å². The van der Waals surface area contributed by atoms with Crippen molar-refractivity contribution >= 4 is 12.2 Å². The van der Waals surface area contributed by atoms with E-state index in [1.165, 1.54) is 21.6 Å². The summed E-state index contributed by atoms with van der Waals surface area (Å²) in [6.45, 7) is 0. The molecule has 0 radical (unpaired) electrons. The summed E-state index contributed by atoms with van der Waals surface area (Å²) in [4.78, 5) is 4.17. The lowest BCUT2D eigenvalue weighted by atomic mass is 10.1. The van der Waals surface area contributed by atoms with Gasteiger partial charge in [-0.1, -0.05) is 30.3 Å². The Morgan fingerprint density at radius 3 is 2.80 bits per heavy atom. The van der Waals surface area contributed by atoms with Crippen molar-refractivity contribution in [2.24, 2.45) is 0 Å². The second kappa shape index (κ2) is 3.35. The van der Waals surface area contributed by atoms with Crippen LogP contribution in [0.15, 0.2) is 42.7 Å². The zero-order chi connectivity index (χ0) is 10.1. The van der Waals surface area contributed by atoms with Gasteiger partial charge in [-0.15, -0.1) is 0 Å². The molecule has 0 unspecified atom stereocenters. The minimum atomic E-state index is 0.991. The third-order valence-electron chi connectivity index (χ3n) is 2.80. The Balaban J connectivity index is 2.36. The van der Waals surface area contributed by atoms with Crippen LogP contribution in [0, 0.1) is 0 Å². The molecule has 3 rings (SSSR count). The van der Waals surface area contributed by atoms with Gasteiger partial charge in [-0.05, 0) is 40.1 Å². The van der Waals surface area contributed by atoms with Gasteiger partial charge in [0, 0.05) is 12.4 Å². The average molecular weight is 193 g/mol. The number of fused-ring (bicyclic) bond motifs is 2. The van der Waals surface area contributed by atoms with Crippen LogP contribution in [0.5, 0.6) is 0 Å². The summed E-state index contributed by atoms with van der Waals surface area (Å²) in [6.07, 6.45) is 9.27. The highest BCUT2D eigenvalue weighted by Crippen LogP contribution is 2.10. The fraction of sp³-hybridized carbons (Fsp3) is 0.0714. The second-order valence-corrected chi connectivity index (χ2v) is 3.76. The van der Waals surface area contributed by atoms with Crippen LogP contribution in [-0.4, -0.2) is 4.98 Å². The highest BCUT2D eigenvalue weighted by molar-refractivity contribution is 5.57. The molecule has 0 spiro atoms. The van der Waals surface area contributed by atoms with E-state index < -0.39 is 0 Å². The number of nitrogens with zero attached hydrogens (tertiary/aromatic N) is 1. The molecule has 1 aliphatic rings. The number of hydrogen-bond acceptors (Lipinski definition) is 1. The van der Waals surface area contributed by atoms with Gasteiger partial charge in [-0.2, -0.15) is 0 Å². The number of rotatable bonds is 0. The molecule has 0 bridgehead atoms. The van der Waals surface area contributed by atoms with Gasteiger partial charge in [0.15, 0.2) is 0 Å². The van der Waals surface area contributed by atoms with Gasteiger partial charge in [-0.3, -0.25) is 4.98 Å². The predicted molar refractivity (Wildman–Crippen MR) is 61.7 cm³/mol. The van der Waals surface area contributed by atoms with Crippen LogP contribution in [-0.2, 0) is 6.42 Å². The molecule has 15 heavy (non-hydrogen) atoms. The largest absolute Gasteiger partial charge is 0.264 e. The van der Waals surface area contributed by atoms with Gasteiger partial charge in [-0.25, -0.2) is 0 Å². The Morgan fingerprint density at radius 2 is 1.87 bits per heavy atom. The summed E-state index contributed by atoms with van der Waals surface area (Å²) in [5.41, 5.74) is 2.58. The summed E-state index contributed by atoms with van der Waals surface area (Å²) in [5.74, 6) is 0. The molecule has 1 aliphatic carbocycles. The monoisotopic (exact) mass is 193 g/mol. The molecule has 1 aromatic heterocycles. The zero-order valence-corrected chi connectivity index (χ0v) is 8.35. The highest BCUT2D eigenvalue weighted by Gasteiger charge is 2.00. The van der Waals surface area contributed by atoms with Crippen LogP contribution in [0.3, 0.4) is 0 Å².